The average molecular weight is 348 g/mol. The molecule has 2 aromatic rings. The molecule has 1 amide bonds. The number of aromatic nitrogens is 1. The quantitative estimate of drug-likeness (QED) is 0.922. The summed E-state index contributed by atoms with van der Waals surface area (Å²) in [5.74, 6) is -1.65. The van der Waals surface area contributed by atoms with Gasteiger partial charge in [0.2, 0.25) is 0 Å². The largest absolute Gasteiger partial charge is 0.480 e. The molecule has 0 unspecified atom stereocenters. The van der Waals surface area contributed by atoms with Gasteiger partial charge in [-0.2, -0.15) is 0 Å². The van der Waals surface area contributed by atoms with Crippen molar-refractivity contribution in [1.29, 1.82) is 0 Å². The highest BCUT2D eigenvalue weighted by Crippen LogP contribution is 2.22. The number of amides is 1. The van der Waals surface area contributed by atoms with Crippen LogP contribution in [0.5, 0.6) is 0 Å². The molecule has 126 valence electrons. The molecule has 0 aliphatic carbocycles. The van der Waals surface area contributed by atoms with Gasteiger partial charge in [0, 0.05) is 18.3 Å². The third-order valence-corrected chi connectivity index (χ3v) is 4.97. The van der Waals surface area contributed by atoms with Gasteiger partial charge in [-0.15, -0.1) is 11.3 Å². The highest BCUT2D eigenvalue weighted by Gasteiger charge is 2.33. The number of carboxylic acids is 1. The lowest BCUT2D eigenvalue weighted by molar-refractivity contribution is -0.143. The smallest absolute Gasteiger partial charge is 0.326 e. The van der Waals surface area contributed by atoms with Gasteiger partial charge >= 0.3 is 5.97 Å². The van der Waals surface area contributed by atoms with E-state index in [9.17, 15) is 19.1 Å². The van der Waals surface area contributed by atoms with Gasteiger partial charge in [0.1, 0.15) is 17.6 Å². The summed E-state index contributed by atoms with van der Waals surface area (Å²) in [6, 6.07) is 5.66. The Balaban J connectivity index is 1.76. The highest BCUT2D eigenvalue weighted by atomic mass is 32.1. The molecule has 1 aromatic heterocycles. The van der Waals surface area contributed by atoms with E-state index in [0.717, 1.165) is 12.8 Å². The number of thiazole rings is 1. The van der Waals surface area contributed by atoms with Crippen LogP contribution in [0.4, 0.5) is 4.39 Å². The first-order valence-corrected chi connectivity index (χ1v) is 8.66. The fourth-order valence-corrected chi connectivity index (χ4v) is 3.66. The van der Waals surface area contributed by atoms with Crippen LogP contribution in [0.1, 0.15) is 40.3 Å². The van der Waals surface area contributed by atoms with Crippen LogP contribution in [-0.4, -0.2) is 39.5 Å². The SMILES string of the molecule is O=C(O)[C@H]1CCCCN1C(=O)c1csc(Cc2ccccc2F)n1. The molecule has 1 fully saturated rings. The Morgan fingerprint density at radius 1 is 1.33 bits per heavy atom. The van der Waals surface area contributed by atoms with Crippen LogP contribution < -0.4 is 0 Å². The molecule has 0 radical (unpaired) electrons. The molecule has 5 nitrogen and oxygen atoms in total. The lowest BCUT2D eigenvalue weighted by Gasteiger charge is -2.32. The number of halogens is 1. The predicted molar refractivity (Wildman–Crippen MR) is 87.6 cm³/mol. The molecule has 1 aliphatic rings. The van der Waals surface area contributed by atoms with Gasteiger partial charge in [0.25, 0.3) is 5.91 Å². The summed E-state index contributed by atoms with van der Waals surface area (Å²) in [4.78, 5) is 29.6. The molecule has 24 heavy (non-hydrogen) atoms. The monoisotopic (exact) mass is 348 g/mol. The number of piperidine rings is 1. The van der Waals surface area contributed by atoms with Crippen LogP contribution in [0.15, 0.2) is 29.6 Å². The summed E-state index contributed by atoms with van der Waals surface area (Å²) in [6.45, 7) is 0.427. The molecule has 1 saturated heterocycles. The van der Waals surface area contributed by atoms with Gasteiger partial charge in [0.15, 0.2) is 0 Å². The average Bonchev–Trinajstić information content (AvgIpc) is 3.05. The maximum absolute atomic E-state index is 13.7. The van der Waals surface area contributed by atoms with E-state index in [-0.39, 0.29) is 17.4 Å². The number of likely N-dealkylation sites (tertiary alicyclic amines) is 1. The Morgan fingerprint density at radius 2 is 2.12 bits per heavy atom. The molecule has 0 saturated carbocycles. The molecule has 7 heteroatoms. The molecular weight excluding hydrogens is 331 g/mol. The van der Waals surface area contributed by atoms with Crippen LogP contribution in [0.3, 0.4) is 0 Å². The van der Waals surface area contributed by atoms with Crippen molar-refractivity contribution in [3.05, 3.63) is 51.7 Å². The normalized spacial score (nSPS) is 17.7. The Bertz CT molecular complexity index is 762. The first kappa shape index (κ1) is 16.6. The number of carbonyl (C=O) groups excluding carboxylic acids is 1. The minimum absolute atomic E-state index is 0.236. The topological polar surface area (TPSA) is 70.5 Å². The van der Waals surface area contributed by atoms with Gasteiger partial charge in [0.05, 0.1) is 5.01 Å². The first-order chi connectivity index (χ1) is 11.6. The van der Waals surface area contributed by atoms with Gasteiger partial charge in [-0.05, 0) is 30.9 Å². The Hall–Kier alpha value is -2.28. The summed E-state index contributed by atoms with van der Waals surface area (Å²) in [5, 5.41) is 11.5. The molecule has 1 aliphatic heterocycles. The van der Waals surface area contributed by atoms with E-state index in [1.807, 2.05) is 0 Å². The Kier molecular flexibility index (Phi) is 4.89. The number of hydrogen-bond donors (Lipinski definition) is 1. The fourth-order valence-electron chi connectivity index (χ4n) is 2.87. The number of aliphatic carboxylic acids is 1. The van der Waals surface area contributed by atoms with Crippen LogP contribution in [0, 0.1) is 5.82 Å². The van der Waals surface area contributed by atoms with Crippen molar-refractivity contribution in [1.82, 2.24) is 9.88 Å². The molecular formula is C17H17FN2O3S. The number of carboxylic acid groups (broad SMARTS) is 1. The standard InChI is InChI=1S/C17H17FN2O3S/c18-12-6-2-1-5-11(12)9-15-19-13(10-24-15)16(21)20-8-4-3-7-14(20)17(22)23/h1-2,5-6,10,14H,3-4,7-9H2,(H,22,23)/t14-/m1/s1. The van der Waals surface area contributed by atoms with Crippen molar-refractivity contribution in [2.45, 2.75) is 31.7 Å². The predicted octanol–water partition coefficient (Wildman–Crippen LogP) is 2.95. The minimum atomic E-state index is -0.982. The summed E-state index contributed by atoms with van der Waals surface area (Å²) < 4.78 is 13.7. The maximum atomic E-state index is 13.7. The van der Waals surface area contributed by atoms with E-state index in [2.05, 4.69) is 4.98 Å². The first-order valence-electron chi connectivity index (χ1n) is 7.78. The van der Waals surface area contributed by atoms with E-state index in [4.69, 9.17) is 0 Å². The lowest BCUT2D eigenvalue weighted by Crippen LogP contribution is -2.48. The second-order valence-corrected chi connectivity index (χ2v) is 6.69. The molecule has 3 rings (SSSR count). The molecule has 0 spiro atoms. The summed E-state index contributed by atoms with van der Waals surface area (Å²) in [6.07, 6.45) is 2.37. The zero-order chi connectivity index (χ0) is 17.1. The Labute approximate surface area is 142 Å². The van der Waals surface area contributed by atoms with Gasteiger partial charge in [-0.1, -0.05) is 18.2 Å². The van der Waals surface area contributed by atoms with E-state index in [0.29, 0.717) is 30.0 Å². The zero-order valence-corrected chi connectivity index (χ0v) is 13.8. The number of nitrogens with zero attached hydrogens (tertiary/aromatic N) is 2. The number of carbonyl (C=O) groups is 2. The molecule has 2 heterocycles. The third kappa shape index (κ3) is 3.46. The minimum Gasteiger partial charge on any atom is -0.480 e. The molecule has 1 atom stereocenters. The number of benzene rings is 1. The zero-order valence-electron chi connectivity index (χ0n) is 12.9. The molecule has 1 N–H and O–H groups in total. The highest BCUT2D eigenvalue weighted by molar-refractivity contribution is 7.09. The van der Waals surface area contributed by atoms with E-state index >= 15 is 0 Å². The van der Waals surface area contributed by atoms with Gasteiger partial charge in [-0.25, -0.2) is 14.2 Å². The van der Waals surface area contributed by atoms with Gasteiger partial charge in [-0.3, -0.25) is 4.79 Å². The second kappa shape index (κ2) is 7.09. The van der Waals surface area contributed by atoms with Crippen molar-refractivity contribution in [3.63, 3.8) is 0 Å². The molecule has 1 aromatic carbocycles. The van der Waals surface area contributed by atoms with Crippen LogP contribution in [0.2, 0.25) is 0 Å². The lowest BCUT2D eigenvalue weighted by atomic mass is 10.0. The van der Waals surface area contributed by atoms with Crippen molar-refractivity contribution >= 4 is 23.2 Å². The van der Waals surface area contributed by atoms with Crippen LogP contribution >= 0.6 is 11.3 Å². The van der Waals surface area contributed by atoms with Crippen molar-refractivity contribution in [3.8, 4) is 0 Å². The summed E-state index contributed by atoms with van der Waals surface area (Å²) in [7, 11) is 0. The van der Waals surface area contributed by atoms with Crippen molar-refractivity contribution in [2.24, 2.45) is 0 Å². The molecule has 0 bridgehead atoms. The summed E-state index contributed by atoms with van der Waals surface area (Å²) in [5.41, 5.74) is 0.756. The van der Waals surface area contributed by atoms with E-state index in [1.165, 1.54) is 22.3 Å². The Morgan fingerprint density at radius 3 is 2.88 bits per heavy atom. The maximum Gasteiger partial charge on any atom is 0.326 e. The van der Waals surface area contributed by atoms with Crippen LogP contribution in [-0.2, 0) is 11.2 Å². The van der Waals surface area contributed by atoms with Crippen molar-refractivity contribution in [2.75, 3.05) is 6.54 Å². The fraction of sp³-hybridized carbons (Fsp3) is 0.353. The third-order valence-electron chi connectivity index (χ3n) is 4.12. The summed E-state index contributed by atoms with van der Waals surface area (Å²) >= 11 is 1.28. The van der Waals surface area contributed by atoms with Gasteiger partial charge < -0.3 is 10.0 Å². The number of hydrogen-bond acceptors (Lipinski definition) is 4. The second-order valence-electron chi connectivity index (χ2n) is 5.74. The van der Waals surface area contributed by atoms with E-state index in [1.54, 1.807) is 23.6 Å². The van der Waals surface area contributed by atoms with Crippen molar-refractivity contribution < 1.29 is 19.1 Å². The number of rotatable bonds is 4. The van der Waals surface area contributed by atoms with Crippen LogP contribution in [0.25, 0.3) is 0 Å². The van der Waals surface area contributed by atoms with E-state index < -0.39 is 12.0 Å².